The van der Waals surface area contributed by atoms with E-state index in [1.807, 2.05) is 0 Å². The summed E-state index contributed by atoms with van der Waals surface area (Å²) in [4.78, 5) is 34.4. The van der Waals surface area contributed by atoms with Crippen molar-refractivity contribution in [2.24, 2.45) is 5.73 Å². The Labute approximate surface area is 125 Å². The number of amides is 2. The molecule has 0 saturated carbocycles. The van der Waals surface area contributed by atoms with E-state index < -0.39 is 29.6 Å². The minimum absolute atomic E-state index is 0.0645. The third kappa shape index (κ3) is 2.85. The van der Waals surface area contributed by atoms with Gasteiger partial charge in [-0.1, -0.05) is 0 Å². The topological polar surface area (TPSA) is 119 Å². The molecule has 1 aliphatic carbocycles. The fraction of sp³-hybridized carbons (Fsp3) is 0.357. The number of carboxylic acid groups (broad SMARTS) is 1. The van der Waals surface area contributed by atoms with Crippen LogP contribution in [-0.4, -0.2) is 36.0 Å². The molecule has 1 aliphatic rings. The van der Waals surface area contributed by atoms with Crippen molar-refractivity contribution in [3.8, 4) is 5.75 Å². The molecule has 22 heavy (non-hydrogen) atoms. The summed E-state index contributed by atoms with van der Waals surface area (Å²) in [7, 11) is 1.28. The molecule has 0 heterocycles. The Morgan fingerprint density at radius 3 is 2.77 bits per heavy atom. The standard InChI is InChI=1S/C14H15FN2O5/c1-22-13-7-2-3-9(17-14(20)21)12(19)11(7)6(4-8(13)15)5-10(16)18/h4,9,17H,2-3,5H2,1H3,(H2,16,18)(H,20,21). The maximum atomic E-state index is 14.0. The first-order valence-corrected chi connectivity index (χ1v) is 6.55. The molecule has 4 N–H and O–H groups in total. The van der Waals surface area contributed by atoms with Crippen LogP contribution in [0.5, 0.6) is 5.75 Å². The molecule has 1 aromatic carbocycles. The van der Waals surface area contributed by atoms with Crippen LogP contribution in [0.3, 0.4) is 0 Å². The summed E-state index contributed by atoms with van der Waals surface area (Å²) in [5, 5.41) is 10.9. The number of methoxy groups -OCH3 is 1. The van der Waals surface area contributed by atoms with Crippen molar-refractivity contribution in [2.45, 2.75) is 25.3 Å². The third-order valence-corrected chi connectivity index (χ3v) is 3.53. The Morgan fingerprint density at radius 1 is 1.55 bits per heavy atom. The van der Waals surface area contributed by atoms with Crippen molar-refractivity contribution in [1.29, 1.82) is 0 Å². The van der Waals surface area contributed by atoms with Crippen LogP contribution in [0.15, 0.2) is 6.07 Å². The molecule has 2 amide bonds. The largest absolute Gasteiger partial charge is 0.493 e. The van der Waals surface area contributed by atoms with Crippen molar-refractivity contribution >= 4 is 17.8 Å². The van der Waals surface area contributed by atoms with Gasteiger partial charge in [-0.2, -0.15) is 0 Å². The number of hydrogen-bond donors (Lipinski definition) is 3. The summed E-state index contributed by atoms with van der Waals surface area (Å²) in [6.07, 6.45) is -1.20. The predicted molar refractivity (Wildman–Crippen MR) is 73.5 cm³/mol. The Bertz CT molecular complexity index is 659. The van der Waals surface area contributed by atoms with Crippen LogP contribution in [-0.2, 0) is 17.6 Å². The van der Waals surface area contributed by atoms with E-state index in [0.717, 1.165) is 6.07 Å². The van der Waals surface area contributed by atoms with Gasteiger partial charge in [-0.3, -0.25) is 9.59 Å². The first kappa shape index (κ1) is 15.7. The van der Waals surface area contributed by atoms with Crippen molar-refractivity contribution < 1.29 is 28.6 Å². The summed E-state index contributed by atoms with van der Waals surface area (Å²) in [6.45, 7) is 0. The van der Waals surface area contributed by atoms with Gasteiger partial charge in [0.2, 0.25) is 5.91 Å². The highest BCUT2D eigenvalue weighted by molar-refractivity contribution is 6.06. The van der Waals surface area contributed by atoms with E-state index in [1.165, 1.54) is 7.11 Å². The predicted octanol–water partition coefficient (Wildman–Crippen LogP) is 0.627. The number of carbonyl (C=O) groups excluding carboxylic acids is 2. The van der Waals surface area contributed by atoms with Crippen molar-refractivity contribution in [3.63, 3.8) is 0 Å². The third-order valence-electron chi connectivity index (χ3n) is 3.53. The van der Waals surface area contributed by atoms with E-state index in [0.29, 0.717) is 5.56 Å². The van der Waals surface area contributed by atoms with Gasteiger partial charge >= 0.3 is 6.09 Å². The van der Waals surface area contributed by atoms with Crippen molar-refractivity contribution in [3.05, 3.63) is 28.6 Å². The molecule has 0 saturated heterocycles. The molecular weight excluding hydrogens is 295 g/mol. The molecule has 1 atom stereocenters. The molecule has 7 nitrogen and oxygen atoms in total. The number of ether oxygens (including phenoxy) is 1. The molecule has 0 radical (unpaired) electrons. The van der Waals surface area contributed by atoms with Gasteiger partial charge in [0.15, 0.2) is 17.3 Å². The number of fused-ring (bicyclic) bond motifs is 1. The summed E-state index contributed by atoms with van der Waals surface area (Å²) in [6, 6.07) is 0.0931. The lowest BCUT2D eigenvalue weighted by atomic mass is 9.82. The smallest absolute Gasteiger partial charge is 0.405 e. The molecule has 1 aromatic rings. The average Bonchev–Trinajstić information content (AvgIpc) is 2.40. The van der Waals surface area contributed by atoms with Gasteiger partial charge in [0.1, 0.15) is 0 Å². The zero-order valence-corrected chi connectivity index (χ0v) is 11.8. The molecule has 0 aromatic heterocycles. The second-order valence-corrected chi connectivity index (χ2v) is 4.95. The Hall–Kier alpha value is -2.64. The zero-order chi connectivity index (χ0) is 16.4. The Kier molecular flexibility index (Phi) is 4.30. The molecular formula is C14H15FN2O5. The number of nitrogens with one attached hydrogen (secondary N) is 1. The Balaban J connectivity index is 2.56. The molecule has 8 heteroatoms. The number of ketones is 1. The van der Waals surface area contributed by atoms with Crippen LogP contribution < -0.4 is 15.8 Å². The Morgan fingerprint density at radius 2 is 2.23 bits per heavy atom. The summed E-state index contributed by atoms with van der Waals surface area (Å²) in [5.41, 5.74) is 5.72. The second-order valence-electron chi connectivity index (χ2n) is 4.95. The number of rotatable bonds is 4. The molecule has 0 fully saturated rings. The summed E-state index contributed by atoms with van der Waals surface area (Å²) >= 11 is 0. The van der Waals surface area contributed by atoms with E-state index in [1.54, 1.807) is 0 Å². The highest BCUT2D eigenvalue weighted by atomic mass is 19.1. The number of hydrogen-bond acceptors (Lipinski definition) is 4. The van der Waals surface area contributed by atoms with Crippen molar-refractivity contribution in [2.75, 3.05) is 7.11 Å². The monoisotopic (exact) mass is 310 g/mol. The first-order valence-electron chi connectivity index (χ1n) is 6.55. The van der Waals surface area contributed by atoms with Crippen molar-refractivity contribution in [1.82, 2.24) is 5.32 Å². The number of Topliss-reactive ketones (excluding diaryl/α,β-unsaturated/α-hetero) is 1. The summed E-state index contributed by atoms with van der Waals surface area (Å²) in [5.74, 6) is -1.98. The number of halogens is 1. The maximum Gasteiger partial charge on any atom is 0.405 e. The van der Waals surface area contributed by atoms with E-state index in [-0.39, 0.29) is 36.1 Å². The molecule has 118 valence electrons. The normalized spacial score (nSPS) is 16.8. The van der Waals surface area contributed by atoms with Gasteiger partial charge in [-0.15, -0.1) is 0 Å². The quantitative estimate of drug-likeness (QED) is 0.753. The fourth-order valence-corrected chi connectivity index (χ4v) is 2.72. The number of primary amides is 1. The van der Waals surface area contributed by atoms with E-state index in [4.69, 9.17) is 15.6 Å². The van der Waals surface area contributed by atoms with Gasteiger partial charge in [0.25, 0.3) is 0 Å². The van der Waals surface area contributed by atoms with E-state index in [9.17, 15) is 18.8 Å². The van der Waals surface area contributed by atoms with Crippen LogP contribution in [0.4, 0.5) is 9.18 Å². The number of carbonyl (C=O) groups is 3. The lowest BCUT2D eigenvalue weighted by Gasteiger charge is -2.26. The van der Waals surface area contributed by atoms with Crippen LogP contribution >= 0.6 is 0 Å². The van der Waals surface area contributed by atoms with Gasteiger partial charge in [-0.25, -0.2) is 9.18 Å². The first-order chi connectivity index (χ1) is 10.3. The van der Waals surface area contributed by atoms with E-state index in [2.05, 4.69) is 5.32 Å². The highest BCUT2D eigenvalue weighted by Crippen LogP contribution is 2.35. The molecule has 0 bridgehead atoms. The molecule has 0 spiro atoms. The fourth-order valence-electron chi connectivity index (χ4n) is 2.72. The number of nitrogens with two attached hydrogens (primary N) is 1. The van der Waals surface area contributed by atoms with Gasteiger partial charge in [-0.05, 0) is 24.5 Å². The van der Waals surface area contributed by atoms with Gasteiger partial charge in [0.05, 0.1) is 19.6 Å². The minimum atomic E-state index is -1.33. The average molecular weight is 310 g/mol. The highest BCUT2D eigenvalue weighted by Gasteiger charge is 2.34. The van der Waals surface area contributed by atoms with Crippen LogP contribution in [0.25, 0.3) is 0 Å². The maximum absolute atomic E-state index is 14.0. The van der Waals surface area contributed by atoms with E-state index >= 15 is 0 Å². The van der Waals surface area contributed by atoms with Crippen LogP contribution in [0.1, 0.15) is 27.9 Å². The lowest BCUT2D eigenvalue weighted by molar-refractivity contribution is -0.117. The summed E-state index contributed by atoms with van der Waals surface area (Å²) < 4.78 is 19.0. The zero-order valence-electron chi connectivity index (χ0n) is 11.8. The minimum Gasteiger partial charge on any atom is -0.493 e. The molecule has 1 unspecified atom stereocenters. The van der Waals surface area contributed by atoms with Gasteiger partial charge < -0.3 is 20.9 Å². The second kappa shape index (κ2) is 6.00. The van der Waals surface area contributed by atoms with Crippen LogP contribution in [0.2, 0.25) is 0 Å². The van der Waals surface area contributed by atoms with Crippen LogP contribution in [0, 0.1) is 5.82 Å². The lowest BCUT2D eigenvalue weighted by Crippen LogP contribution is -2.43. The SMILES string of the molecule is COc1c(F)cc(CC(N)=O)c2c1CCC(NC(=O)O)C2=O. The van der Waals surface area contributed by atoms with Gasteiger partial charge in [0, 0.05) is 11.1 Å². The number of benzene rings is 1. The molecule has 0 aliphatic heterocycles. The molecule has 2 rings (SSSR count).